The molecule has 1 aromatic rings. The highest BCUT2D eigenvalue weighted by atomic mass is 16.5. The van der Waals surface area contributed by atoms with Crippen LogP contribution in [-0.2, 0) is 11.2 Å². The molecule has 2 rings (SSSR count). The van der Waals surface area contributed by atoms with E-state index in [1.807, 2.05) is 6.07 Å². The fraction of sp³-hybridized carbons (Fsp3) is 0.364. The van der Waals surface area contributed by atoms with Gasteiger partial charge in [-0.2, -0.15) is 0 Å². The zero-order valence-corrected chi connectivity index (χ0v) is 8.44. The van der Waals surface area contributed by atoms with Gasteiger partial charge in [-0.3, -0.25) is 0 Å². The van der Waals surface area contributed by atoms with Gasteiger partial charge in [-0.15, -0.1) is 0 Å². The number of amidine groups is 1. The Morgan fingerprint density at radius 3 is 2.36 bits per heavy atom. The Hall–Kier alpha value is -1.51. The predicted molar refractivity (Wildman–Crippen MR) is 58.3 cm³/mol. The number of hydrogen-bond acceptors (Lipinski definition) is 3. The van der Waals surface area contributed by atoms with Crippen molar-refractivity contribution in [1.29, 1.82) is 0 Å². The van der Waals surface area contributed by atoms with Crippen LogP contribution < -0.4 is 5.73 Å². The van der Waals surface area contributed by atoms with Crippen molar-refractivity contribution in [2.45, 2.75) is 13.3 Å². The Morgan fingerprint density at radius 1 is 1.36 bits per heavy atom. The maximum atomic E-state index is 5.06. The third-order valence-electron chi connectivity index (χ3n) is 1.86. The van der Waals surface area contributed by atoms with Gasteiger partial charge < -0.3 is 10.5 Å². The fourth-order valence-electron chi connectivity index (χ4n) is 1.07. The van der Waals surface area contributed by atoms with Gasteiger partial charge in [0.2, 0.25) is 0 Å². The summed E-state index contributed by atoms with van der Waals surface area (Å²) in [6.07, 6.45) is 1.14. The third-order valence-corrected chi connectivity index (χ3v) is 1.86. The molecule has 0 atom stereocenters. The van der Waals surface area contributed by atoms with Gasteiger partial charge in [-0.25, -0.2) is 4.99 Å². The van der Waals surface area contributed by atoms with Crippen molar-refractivity contribution in [3.05, 3.63) is 35.9 Å². The van der Waals surface area contributed by atoms with Gasteiger partial charge in [-0.1, -0.05) is 37.3 Å². The maximum Gasteiger partial charge on any atom is 0.282 e. The summed E-state index contributed by atoms with van der Waals surface area (Å²) in [4.78, 5) is 3.71. The van der Waals surface area contributed by atoms with Crippen LogP contribution in [0.25, 0.3) is 0 Å². The summed E-state index contributed by atoms with van der Waals surface area (Å²) >= 11 is 0. The van der Waals surface area contributed by atoms with E-state index < -0.39 is 0 Å². The van der Waals surface area contributed by atoms with Crippen molar-refractivity contribution in [1.82, 2.24) is 0 Å². The van der Waals surface area contributed by atoms with Crippen LogP contribution in [0.3, 0.4) is 0 Å². The predicted octanol–water partition coefficient (Wildman–Crippen LogP) is 1.58. The van der Waals surface area contributed by atoms with Crippen LogP contribution in [0, 0.1) is 0 Å². The number of nitrogens with zero attached hydrogens (tertiary/aromatic N) is 1. The lowest BCUT2D eigenvalue weighted by molar-refractivity contribution is 0.342. The van der Waals surface area contributed by atoms with Gasteiger partial charge in [0.15, 0.2) is 0 Å². The second-order valence-electron chi connectivity index (χ2n) is 2.91. The standard InChI is InChI=1S/C8H10.C3H6N2O/c1-2-8-6-4-3-5-7-8;4-3-5-1-2-6-3/h3-7H,2H2,1H3;1-2H2,(H2,4,5). The third kappa shape index (κ3) is 3.94. The molecule has 14 heavy (non-hydrogen) atoms. The molecule has 0 unspecified atom stereocenters. The van der Waals surface area contributed by atoms with E-state index >= 15 is 0 Å². The summed E-state index contributed by atoms with van der Waals surface area (Å²) < 4.78 is 4.68. The minimum Gasteiger partial charge on any atom is -0.463 e. The molecule has 1 heterocycles. The summed E-state index contributed by atoms with van der Waals surface area (Å²) in [7, 11) is 0. The van der Waals surface area contributed by atoms with E-state index in [1.54, 1.807) is 0 Å². The van der Waals surface area contributed by atoms with Gasteiger partial charge in [-0.05, 0) is 12.0 Å². The molecule has 1 aromatic carbocycles. The lowest BCUT2D eigenvalue weighted by Crippen LogP contribution is -2.10. The second-order valence-corrected chi connectivity index (χ2v) is 2.91. The van der Waals surface area contributed by atoms with E-state index in [0.717, 1.165) is 13.0 Å². The number of benzene rings is 1. The molecule has 2 N–H and O–H groups in total. The highest BCUT2D eigenvalue weighted by molar-refractivity contribution is 5.72. The topological polar surface area (TPSA) is 47.6 Å². The van der Waals surface area contributed by atoms with Gasteiger partial charge in [0, 0.05) is 0 Å². The lowest BCUT2D eigenvalue weighted by atomic mass is 10.2. The quantitative estimate of drug-likeness (QED) is 0.734. The van der Waals surface area contributed by atoms with Crippen molar-refractivity contribution >= 4 is 6.02 Å². The van der Waals surface area contributed by atoms with Crippen molar-refractivity contribution in [3.63, 3.8) is 0 Å². The van der Waals surface area contributed by atoms with Crippen molar-refractivity contribution in [2.75, 3.05) is 13.2 Å². The average Bonchev–Trinajstić information content (AvgIpc) is 2.71. The molecule has 0 fully saturated rings. The maximum absolute atomic E-state index is 5.06. The largest absolute Gasteiger partial charge is 0.463 e. The van der Waals surface area contributed by atoms with Crippen LogP contribution in [0.15, 0.2) is 35.3 Å². The van der Waals surface area contributed by atoms with Gasteiger partial charge in [0.05, 0.1) is 6.54 Å². The monoisotopic (exact) mass is 192 g/mol. The van der Waals surface area contributed by atoms with E-state index in [-0.39, 0.29) is 0 Å². The Kier molecular flexibility index (Phi) is 4.55. The molecule has 0 saturated carbocycles. The van der Waals surface area contributed by atoms with E-state index in [1.165, 1.54) is 5.56 Å². The number of nitrogens with two attached hydrogens (primary N) is 1. The first kappa shape index (κ1) is 10.6. The molecule has 0 radical (unpaired) electrons. The minimum absolute atomic E-state index is 0.329. The first-order valence-electron chi connectivity index (χ1n) is 4.79. The molecule has 0 aromatic heterocycles. The van der Waals surface area contributed by atoms with Gasteiger partial charge in [0.1, 0.15) is 6.61 Å². The molecule has 76 valence electrons. The fourth-order valence-corrected chi connectivity index (χ4v) is 1.07. The molecule has 1 aliphatic heterocycles. The molecule has 3 nitrogen and oxygen atoms in total. The van der Waals surface area contributed by atoms with Crippen LogP contribution in [-0.4, -0.2) is 19.2 Å². The molecule has 3 heteroatoms. The SMILES string of the molecule is CCc1ccccc1.NC1=NCCO1. The number of rotatable bonds is 1. The zero-order chi connectivity index (χ0) is 10.2. The van der Waals surface area contributed by atoms with Crippen LogP contribution >= 0.6 is 0 Å². The Balaban J connectivity index is 0.000000146. The molecule has 0 spiro atoms. The summed E-state index contributed by atoms with van der Waals surface area (Å²) in [5.74, 6) is 0. The summed E-state index contributed by atoms with van der Waals surface area (Å²) in [5.41, 5.74) is 6.47. The molecule has 0 saturated heterocycles. The molecular weight excluding hydrogens is 176 g/mol. The Bertz CT molecular complexity index is 283. The minimum atomic E-state index is 0.329. The summed E-state index contributed by atoms with van der Waals surface area (Å²) in [6.45, 7) is 3.55. The van der Waals surface area contributed by atoms with Crippen molar-refractivity contribution < 1.29 is 4.74 Å². The number of aliphatic imine (C=N–C) groups is 1. The highest BCUT2D eigenvalue weighted by Gasteiger charge is 1.97. The highest BCUT2D eigenvalue weighted by Crippen LogP contribution is 1.96. The van der Waals surface area contributed by atoms with E-state index in [9.17, 15) is 0 Å². The second kappa shape index (κ2) is 6.02. The van der Waals surface area contributed by atoms with E-state index in [4.69, 9.17) is 5.73 Å². The van der Waals surface area contributed by atoms with Crippen LogP contribution in [0.5, 0.6) is 0 Å². The smallest absolute Gasteiger partial charge is 0.282 e. The Morgan fingerprint density at radius 2 is 2.07 bits per heavy atom. The molecule has 0 aliphatic carbocycles. The van der Waals surface area contributed by atoms with Crippen LogP contribution in [0.2, 0.25) is 0 Å². The molecule has 1 aliphatic rings. The van der Waals surface area contributed by atoms with Crippen molar-refractivity contribution in [3.8, 4) is 0 Å². The number of ether oxygens (including phenoxy) is 1. The number of aryl methyl sites for hydroxylation is 1. The first-order valence-corrected chi connectivity index (χ1v) is 4.79. The van der Waals surface area contributed by atoms with E-state index in [0.29, 0.717) is 12.6 Å². The number of hydrogen-bond donors (Lipinski definition) is 1. The molecule has 0 bridgehead atoms. The van der Waals surface area contributed by atoms with Gasteiger partial charge >= 0.3 is 0 Å². The van der Waals surface area contributed by atoms with Gasteiger partial charge in [0.25, 0.3) is 6.02 Å². The summed E-state index contributed by atoms with van der Waals surface area (Å²) in [6, 6.07) is 10.8. The summed E-state index contributed by atoms with van der Waals surface area (Å²) in [5, 5.41) is 0. The average molecular weight is 192 g/mol. The lowest BCUT2D eigenvalue weighted by Gasteiger charge is -1.89. The molecule has 0 amide bonds. The molecular formula is C11H16N2O. The first-order chi connectivity index (χ1) is 6.83. The van der Waals surface area contributed by atoms with E-state index in [2.05, 4.69) is 40.9 Å². The normalized spacial score (nSPS) is 13.6. The zero-order valence-electron chi connectivity index (χ0n) is 8.44. The van der Waals surface area contributed by atoms with Crippen LogP contribution in [0.4, 0.5) is 0 Å². The van der Waals surface area contributed by atoms with Crippen LogP contribution in [0.1, 0.15) is 12.5 Å². The Labute approximate surface area is 84.6 Å². The van der Waals surface area contributed by atoms with Crippen molar-refractivity contribution in [2.24, 2.45) is 10.7 Å².